The second-order valence-corrected chi connectivity index (χ2v) is 6.30. The molecule has 3 rings (SSSR count). The Morgan fingerprint density at radius 3 is 2.96 bits per heavy atom. The molecule has 2 aromatic heterocycles. The molecule has 4 nitrogen and oxygen atoms in total. The van der Waals surface area contributed by atoms with Gasteiger partial charge in [-0.1, -0.05) is 24.3 Å². The third-order valence-electron chi connectivity index (χ3n) is 3.70. The monoisotopic (exact) mass is 326 g/mol. The zero-order valence-corrected chi connectivity index (χ0v) is 13.6. The average Bonchev–Trinajstić information content (AvgIpc) is 3.19. The van der Waals surface area contributed by atoms with E-state index in [0.29, 0.717) is 0 Å². The smallest absolute Gasteiger partial charge is 0.244 e. The lowest BCUT2D eigenvalue weighted by Gasteiger charge is -2.10. The zero-order chi connectivity index (χ0) is 16.2. The van der Waals surface area contributed by atoms with E-state index in [1.165, 1.54) is 6.08 Å². The van der Waals surface area contributed by atoms with Crippen molar-refractivity contribution in [2.24, 2.45) is 7.05 Å². The van der Waals surface area contributed by atoms with Gasteiger partial charge in [-0.15, -0.1) is 11.3 Å². The minimum atomic E-state index is -0.736. The molecule has 2 heterocycles. The molecule has 0 bridgehead atoms. The molecule has 0 radical (unpaired) electrons. The predicted molar refractivity (Wildman–Crippen MR) is 94.2 cm³/mol. The minimum Gasteiger partial charge on any atom is -0.386 e. The van der Waals surface area contributed by atoms with Crippen LogP contribution in [0.2, 0.25) is 0 Å². The Labute approximate surface area is 138 Å². The fourth-order valence-electron chi connectivity index (χ4n) is 2.55. The first-order chi connectivity index (χ1) is 11.1. The lowest BCUT2D eigenvalue weighted by atomic mass is 10.1. The van der Waals surface area contributed by atoms with E-state index >= 15 is 0 Å². The molecule has 3 aromatic rings. The van der Waals surface area contributed by atoms with Crippen molar-refractivity contribution in [1.82, 2.24) is 9.88 Å². The first kappa shape index (κ1) is 15.5. The summed E-state index contributed by atoms with van der Waals surface area (Å²) in [5, 5.41) is 16.1. The van der Waals surface area contributed by atoms with Crippen LogP contribution in [0.4, 0.5) is 0 Å². The Balaban J connectivity index is 1.64. The van der Waals surface area contributed by atoms with Crippen molar-refractivity contribution in [3.05, 3.63) is 64.5 Å². The normalized spacial score (nSPS) is 12.8. The van der Waals surface area contributed by atoms with Crippen molar-refractivity contribution in [3.8, 4) is 0 Å². The number of aliphatic hydroxyl groups excluding tert-OH is 1. The Hall–Kier alpha value is -2.37. The molecule has 0 spiro atoms. The Bertz CT molecular complexity index is 834. The van der Waals surface area contributed by atoms with Crippen LogP contribution >= 0.6 is 11.3 Å². The molecular formula is C18H18N2O2S. The highest BCUT2D eigenvalue weighted by Crippen LogP contribution is 2.25. The number of aryl methyl sites for hydroxylation is 1. The summed E-state index contributed by atoms with van der Waals surface area (Å²) in [4.78, 5) is 12.9. The number of nitrogens with one attached hydrogen (secondary N) is 1. The molecule has 0 aliphatic rings. The summed E-state index contributed by atoms with van der Waals surface area (Å²) in [6, 6.07) is 11.8. The SMILES string of the molecule is Cn1cc([C@@H](O)CNC(=O)/C=C/c2cccs2)c2ccccc21. The van der Waals surface area contributed by atoms with E-state index < -0.39 is 6.10 Å². The maximum absolute atomic E-state index is 11.8. The predicted octanol–water partition coefficient (Wildman–Crippen LogP) is 3.10. The molecule has 1 atom stereocenters. The highest BCUT2D eigenvalue weighted by molar-refractivity contribution is 7.10. The van der Waals surface area contributed by atoms with Crippen molar-refractivity contribution >= 4 is 34.2 Å². The van der Waals surface area contributed by atoms with Gasteiger partial charge in [-0.2, -0.15) is 0 Å². The molecule has 0 unspecified atom stereocenters. The van der Waals surface area contributed by atoms with Gasteiger partial charge in [0.1, 0.15) is 0 Å². The number of hydrogen-bond donors (Lipinski definition) is 2. The number of carbonyl (C=O) groups excluding carboxylic acids is 1. The molecule has 2 N–H and O–H groups in total. The van der Waals surface area contributed by atoms with Crippen molar-refractivity contribution < 1.29 is 9.90 Å². The van der Waals surface area contributed by atoms with Crippen LogP contribution in [0.5, 0.6) is 0 Å². The first-order valence-electron chi connectivity index (χ1n) is 7.36. The summed E-state index contributed by atoms with van der Waals surface area (Å²) >= 11 is 1.57. The van der Waals surface area contributed by atoms with Gasteiger partial charge in [0, 0.05) is 47.2 Å². The topological polar surface area (TPSA) is 54.3 Å². The zero-order valence-electron chi connectivity index (χ0n) is 12.8. The molecule has 23 heavy (non-hydrogen) atoms. The third-order valence-corrected chi connectivity index (χ3v) is 4.54. The van der Waals surface area contributed by atoms with E-state index in [1.807, 2.05) is 59.6 Å². The molecule has 0 aliphatic heterocycles. The number of para-hydroxylation sites is 1. The summed E-state index contributed by atoms with van der Waals surface area (Å²) in [5.74, 6) is -0.210. The standard InChI is InChI=1S/C18H18N2O2S/c1-20-12-15(14-6-2-3-7-16(14)20)17(21)11-19-18(22)9-8-13-5-4-10-23-13/h2-10,12,17,21H,11H2,1H3,(H,19,22)/b9-8+/t17-/m0/s1. The number of aromatic nitrogens is 1. The van der Waals surface area contributed by atoms with Gasteiger partial charge >= 0.3 is 0 Å². The van der Waals surface area contributed by atoms with Crippen LogP contribution in [0.25, 0.3) is 17.0 Å². The van der Waals surface area contributed by atoms with Crippen molar-refractivity contribution in [2.45, 2.75) is 6.10 Å². The summed E-state index contributed by atoms with van der Waals surface area (Å²) in [7, 11) is 1.95. The maximum atomic E-state index is 11.8. The van der Waals surface area contributed by atoms with Gasteiger partial charge in [0.25, 0.3) is 0 Å². The van der Waals surface area contributed by atoms with Crippen molar-refractivity contribution in [1.29, 1.82) is 0 Å². The van der Waals surface area contributed by atoms with Crippen LogP contribution < -0.4 is 5.32 Å². The number of benzene rings is 1. The summed E-state index contributed by atoms with van der Waals surface area (Å²) < 4.78 is 1.98. The molecule has 0 fully saturated rings. The fourth-order valence-corrected chi connectivity index (χ4v) is 3.17. The summed E-state index contributed by atoms with van der Waals surface area (Å²) in [6.07, 6.45) is 4.43. The number of amides is 1. The number of carbonyl (C=O) groups is 1. The van der Waals surface area contributed by atoms with E-state index in [1.54, 1.807) is 17.4 Å². The lowest BCUT2D eigenvalue weighted by molar-refractivity contribution is -0.116. The van der Waals surface area contributed by atoms with E-state index in [4.69, 9.17) is 0 Å². The lowest BCUT2D eigenvalue weighted by Crippen LogP contribution is -2.26. The molecule has 0 aliphatic carbocycles. The Morgan fingerprint density at radius 1 is 1.35 bits per heavy atom. The van der Waals surface area contributed by atoms with Crippen LogP contribution in [-0.4, -0.2) is 22.1 Å². The average molecular weight is 326 g/mol. The molecule has 1 aromatic carbocycles. The minimum absolute atomic E-state index is 0.182. The Morgan fingerprint density at radius 2 is 2.17 bits per heavy atom. The largest absolute Gasteiger partial charge is 0.386 e. The fraction of sp³-hybridized carbons (Fsp3) is 0.167. The van der Waals surface area contributed by atoms with Gasteiger partial charge in [-0.25, -0.2) is 0 Å². The number of nitrogens with zero attached hydrogens (tertiary/aromatic N) is 1. The number of rotatable bonds is 5. The number of hydrogen-bond acceptors (Lipinski definition) is 3. The molecule has 118 valence electrons. The molecule has 0 saturated heterocycles. The van der Waals surface area contributed by atoms with Crippen LogP contribution in [0.3, 0.4) is 0 Å². The molecular weight excluding hydrogens is 308 g/mol. The highest BCUT2D eigenvalue weighted by atomic mass is 32.1. The van der Waals surface area contributed by atoms with E-state index in [9.17, 15) is 9.90 Å². The van der Waals surface area contributed by atoms with Gasteiger partial charge in [0.15, 0.2) is 0 Å². The van der Waals surface area contributed by atoms with E-state index in [0.717, 1.165) is 21.3 Å². The summed E-state index contributed by atoms with van der Waals surface area (Å²) in [5.41, 5.74) is 1.89. The van der Waals surface area contributed by atoms with Gasteiger partial charge in [-0.05, 0) is 23.6 Å². The third kappa shape index (κ3) is 3.52. The van der Waals surface area contributed by atoms with Gasteiger partial charge < -0.3 is 15.0 Å². The van der Waals surface area contributed by atoms with Crippen LogP contribution in [0, 0.1) is 0 Å². The highest BCUT2D eigenvalue weighted by Gasteiger charge is 2.14. The number of fused-ring (bicyclic) bond motifs is 1. The first-order valence-corrected chi connectivity index (χ1v) is 8.24. The van der Waals surface area contributed by atoms with Crippen molar-refractivity contribution in [2.75, 3.05) is 6.54 Å². The van der Waals surface area contributed by atoms with Crippen LogP contribution in [0.15, 0.2) is 54.1 Å². The Kier molecular flexibility index (Phi) is 4.60. The van der Waals surface area contributed by atoms with E-state index in [-0.39, 0.29) is 12.5 Å². The molecule has 1 amide bonds. The van der Waals surface area contributed by atoms with Gasteiger partial charge in [-0.3, -0.25) is 4.79 Å². The summed E-state index contributed by atoms with van der Waals surface area (Å²) in [6.45, 7) is 0.182. The van der Waals surface area contributed by atoms with E-state index in [2.05, 4.69) is 5.32 Å². The molecule has 0 saturated carbocycles. The van der Waals surface area contributed by atoms with Crippen LogP contribution in [0.1, 0.15) is 16.5 Å². The number of thiophene rings is 1. The maximum Gasteiger partial charge on any atom is 0.244 e. The second-order valence-electron chi connectivity index (χ2n) is 5.32. The second kappa shape index (κ2) is 6.81. The van der Waals surface area contributed by atoms with Gasteiger partial charge in [0.2, 0.25) is 5.91 Å². The van der Waals surface area contributed by atoms with Gasteiger partial charge in [0.05, 0.1) is 6.10 Å². The molecule has 5 heteroatoms. The van der Waals surface area contributed by atoms with Crippen LogP contribution in [-0.2, 0) is 11.8 Å². The quantitative estimate of drug-likeness (QED) is 0.708. The van der Waals surface area contributed by atoms with Crippen molar-refractivity contribution in [3.63, 3.8) is 0 Å². The number of aliphatic hydroxyl groups is 1.